The molecule has 0 saturated heterocycles. The molecule has 4 bridgehead atoms. The Morgan fingerprint density at radius 2 is 1.10 bits per heavy atom. The minimum atomic E-state index is -0.276. The highest BCUT2D eigenvalue weighted by Gasteiger charge is 2.36. The third-order valence-corrected chi connectivity index (χ3v) is 9.51. The Morgan fingerprint density at radius 3 is 1.56 bits per heavy atom. The van der Waals surface area contributed by atoms with Crippen molar-refractivity contribution in [2.24, 2.45) is 0 Å². The van der Waals surface area contributed by atoms with E-state index in [1.54, 1.807) is 26.4 Å². The molecule has 2 aliphatic rings. The van der Waals surface area contributed by atoms with Gasteiger partial charge in [-0.1, -0.05) is 94.3 Å². The Bertz CT molecular complexity index is 2290. The van der Waals surface area contributed by atoms with Crippen LogP contribution in [0.15, 0.2) is 54.6 Å². The minimum Gasteiger partial charge on any atom is -0.493 e. The zero-order valence-electron chi connectivity index (χ0n) is 29.2. The largest absolute Gasteiger partial charge is 0.493 e. The van der Waals surface area contributed by atoms with Crippen LogP contribution in [-0.4, -0.2) is 37.5 Å². The molecule has 248 valence electrons. The highest BCUT2D eigenvalue weighted by Crippen LogP contribution is 2.31. The summed E-state index contributed by atoms with van der Waals surface area (Å²) in [5, 5.41) is 0. The number of hydrogen-bond donors (Lipinski definition) is 0. The molecule has 6 heteroatoms. The monoisotopic (exact) mass is 675 g/mol. The number of ether oxygens (including phenoxy) is 2. The van der Waals surface area contributed by atoms with E-state index < -0.39 is 0 Å². The highest BCUT2D eigenvalue weighted by atomic mass is 32.1. The topological polar surface area (TPSA) is 55.8 Å². The van der Waals surface area contributed by atoms with Crippen LogP contribution in [-0.2, 0) is 5.41 Å². The number of nitrogens with zero attached hydrogens (tertiary/aromatic N) is 1. The Morgan fingerprint density at radius 1 is 0.620 bits per heavy atom. The van der Waals surface area contributed by atoms with Crippen molar-refractivity contribution in [3.63, 3.8) is 0 Å². The summed E-state index contributed by atoms with van der Waals surface area (Å²) in [5.41, 5.74) is 5.84. The zero-order valence-corrected chi connectivity index (χ0v) is 30.0. The summed E-state index contributed by atoms with van der Waals surface area (Å²) in [5.74, 6) is 27.0. The van der Waals surface area contributed by atoms with Gasteiger partial charge in [-0.3, -0.25) is 14.5 Å². The lowest BCUT2D eigenvalue weighted by molar-refractivity contribution is 0.0651. The van der Waals surface area contributed by atoms with Crippen LogP contribution < -0.4 is 9.47 Å². The molecule has 0 atom stereocenters. The molecule has 1 aromatic heterocycles. The van der Waals surface area contributed by atoms with Crippen molar-refractivity contribution in [2.45, 2.75) is 58.8 Å². The molecule has 4 aromatic rings. The number of fused-ring (bicyclic) bond motifs is 7. The molecule has 0 aliphatic carbocycles. The van der Waals surface area contributed by atoms with E-state index >= 15 is 0 Å². The molecule has 2 aliphatic heterocycles. The maximum absolute atomic E-state index is 13.5. The van der Waals surface area contributed by atoms with Crippen LogP contribution in [0.25, 0.3) is 0 Å². The second-order valence-electron chi connectivity index (χ2n) is 13.2. The molecule has 0 spiro atoms. The fraction of sp³-hybridized carbons (Fsp3) is 0.273. The van der Waals surface area contributed by atoms with E-state index in [0.717, 1.165) is 52.1 Å². The maximum atomic E-state index is 13.5. The van der Waals surface area contributed by atoms with Crippen molar-refractivity contribution in [3.8, 4) is 58.9 Å². The van der Waals surface area contributed by atoms with Crippen LogP contribution in [0.3, 0.4) is 0 Å². The molecule has 2 amide bonds. The van der Waals surface area contributed by atoms with E-state index in [1.807, 2.05) is 30.3 Å². The normalized spacial score (nSPS) is 12.6. The molecule has 3 heterocycles. The molecular weight excluding hydrogens is 639 g/mol. The summed E-state index contributed by atoms with van der Waals surface area (Å²) in [7, 11) is 3.20. The van der Waals surface area contributed by atoms with Gasteiger partial charge >= 0.3 is 0 Å². The molecule has 50 heavy (non-hydrogen) atoms. The van der Waals surface area contributed by atoms with E-state index in [-0.39, 0.29) is 17.2 Å². The van der Waals surface area contributed by atoms with Crippen LogP contribution in [0.4, 0.5) is 0 Å². The lowest BCUT2D eigenvalue weighted by Crippen LogP contribution is -2.30. The van der Waals surface area contributed by atoms with Crippen molar-refractivity contribution < 1.29 is 19.1 Å². The molecule has 0 saturated carbocycles. The lowest BCUT2D eigenvalue weighted by atomic mass is 9.85. The second-order valence-corrected chi connectivity index (χ2v) is 14.3. The standard InChI is InChI=1S/C44H37NO4S/c1-7-8-9-10-21-45-42(46)38-25-31-13-11-29-22-30(24-35(23-29)44(2,3)4)12-14-33-27-40(48-5)41(49-6)28-34(33)16-18-37-20-19-36(50-37)17-15-32(31)26-39(38)43(45)47/h19-20,22-28H,7-10,21H2,1-6H3. The smallest absolute Gasteiger partial charge is 0.261 e. The predicted molar refractivity (Wildman–Crippen MR) is 199 cm³/mol. The molecule has 0 N–H and O–H groups in total. The molecule has 5 nitrogen and oxygen atoms in total. The maximum Gasteiger partial charge on any atom is 0.261 e. The highest BCUT2D eigenvalue weighted by molar-refractivity contribution is 7.13. The van der Waals surface area contributed by atoms with Gasteiger partial charge in [0, 0.05) is 52.1 Å². The van der Waals surface area contributed by atoms with Crippen molar-refractivity contribution in [1.29, 1.82) is 0 Å². The van der Waals surface area contributed by atoms with Crippen molar-refractivity contribution >= 4 is 23.2 Å². The number of unbranched alkanes of at least 4 members (excludes halogenated alkanes) is 3. The Labute approximate surface area is 299 Å². The number of hydrogen-bond acceptors (Lipinski definition) is 5. The SMILES string of the molecule is CCCCCCN1C(=O)c2cc3c(cc2C1=O)C#Cc1ccc(s1)C#Cc1cc(OC)c(OC)cc1C#Cc1cc(cc(C(C)(C)C)c1)C#C3. The number of rotatable bonds is 7. The number of benzene rings is 3. The van der Waals surface area contributed by atoms with E-state index in [2.05, 4.69) is 87.2 Å². The number of carbonyl (C=O) groups is 2. The first-order chi connectivity index (χ1) is 24.1. The van der Waals surface area contributed by atoms with Gasteiger partial charge in [0.25, 0.3) is 11.8 Å². The van der Waals surface area contributed by atoms with Crippen molar-refractivity contribution in [1.82, 2.24) is 4.90 Å². The molecule has 0 fully saturated rings. The van der Waals surface area contributed by atoms with Gasteiger partial charge in [0.15, 0.2) is 11.5 Å². The zero-order chi connectivity index (χ0) is 35.4. The van der Waals surface area contributed by atoms with E-state index in [1.165, 1.54) is 16.2 Å². The van der Waals surface area contributed by atoms with Gasteiger partial charge in [-0.05, 0) is 59.9 Å². The number of imide groups is 1. The van der Waals surface area contributed by atoms with E-state index in [9.17, 15) is 9.59 Å². The summed E-state index contributed by atoms with van der Waals surface area (Å²) in [6.45, 7) is 8.99. The molecule has 3 aromatic carbocycles. The lowest BCUT2D eigenvalue weighted by Gasteiger charge is -2.19. The number of thiophene rings is 1. The minimum absolute atomic E-state index is 0.166. The summed E-state index contributed by atoms with van der Waals surface area (Å²) in [6.07, 6.45) is 3.90. The van der Waals surface area contributed by atoms with Crippen LogP contribution in [0, 0.1) is 47.4 Å². The molecule has 6 rings (SSSR count). The average Bonchev–Trinajstić information content (AvgIpc) is 3.66. The Balaban J connectivity index is 1.53. The number of carbonyl (C=O) groups excluding carboxylic acids is 2. The fourth-order valence-corrected chi connectivity index (χ4v) is 6.46. The summed E-state index contributed by atoms with van der Waals surface area (Å²) in [4.78, 5) is 29.9. The first kappa shape index (κ1) is 34.2. The first-order valence-electron chi connectivity index (χ1n) is 16.7. The van der Waals surface area contributed by atoms with Crippen LogP contribution in [0.2, 0.25) is 0 Å². The Kier molecular flexibility index (Phi) is 9.88. The van der Waals surface area contributed by atoms with Crippen LogP contribution in [0.5, 0.6) is 11.5 Å². The third kappa shape index (κ3) is 7.33. The second kappa shape index (κ2) is 14.4. The van der Waals surface area contributed by atoms with E-state index in [4.69, 9.17) is 9.47 Å². The van der Waals surface area contributed by atoms with Crippen LogP contribution >= 0.6 is 11.3 Å². The van der Waals surface area contributed by atoms with Gasteiger partial charge in [0.2, 0.25) is 0 Å². The molecule has 0 unspecified atom stereocenters. The Hall–Kier alpha value is -5.66. The predicted octanol–water partition coefficient (Wildman–Crippen LogP) is 8.15. The molecule has 0 radical (unpaired) electrons. The van der Waals surface area contributed by atoms with Gasteiger partial charge in [-0.2, -0.15) is 0 Å². The van der Waals surface area contributed by atoms with Crippen molar-refractivity contribution in [2.75, 3.05) is 20.8 Å². The number of amides is 2. The molecular formula is C44H37NO4S. The quantitative estimate of drug-likeness (QED) is 0.0993. The third-order valence-electron chi connectivity index (χ3n) is 8.60. The van der Waals surface area contributed by atoms with Crippen molar-refractivity contribution in [3.05, 3.63) is 114 Å². The fourth-order valence-electron chi connectivity index (χ4n) is 5.74. The van der Waals surface area contributed by atoms with Gasteiger partial charge < -0.3 is 9.47 Å². The summed E-state index contributed by atoms with van der Waals surface area (Å²) in [6, 6.07) is 17.1. The van der Waals surface area contributed by atoms with Crippen LogP contribution in [0.1, 0.15) is 123 Å². The van der Waals surface area contributed by atoms with Gasteiger partial charge in [0.05, 0.1) is 35.1 Å². The van der Waals surface area contributed by atoms with Gasteiger partial charge in [-0.25, -0.2) is 0 Å². The van der Waals surface area contributed by atoms with E-state index in [0.29, 0.717) is 51.4 Å². The van der Waals surface area contributed by atoms with Gasteiger partial charge in [0.1, 0.15) is 0 Å². The average molecular weight is 676 g/mol. The summed E-state index contributed by atoms with van der Waals surface area (Å²) < 4.78 is 11.2. The van der Waals surface area contributed by atoms with Gasteiger partial charge in [-0.15, -0.1) is 11.3 Å². The first-order valence-corrected chi connectivity index (χ1v) is 17.5. The summed E-state index contributed by atoms with van der Waals surface area (Å²) >= 11 is 1.47. The number of methoxy groups -OCH3 is 2.